The maximum atomic E-state index is 9.21. The minimum absolute atomic E-state index is 0.0596. The first-order valence-corrected chi connectivity index (χ1v) is 6.44. The maximum Gasteiger partial charge on any atom is 0.139 e. The Kier molecular flexibility index (Phi) is 5.84. The van der Waals surface area contributed by atoms with E-state index in [1.807, 2.05) is 13.8 Å². The van der Waals surface area contributed by atoms with Crippen LogP contribution < -0.4 is 5.73 Å². The van der Waals surface area contributed by atoms with Crippen LogP contribution in [-0.4, -0.2) is 59.0 Å². The Bertz CT molecular complexity index is 282. The van der Waals surface area contributed by atoms with Gasteiger partial charge in [-0.1, -0.05) is 5.16 Å². The first kappa shape index (κ1) is 15.2. The van der Waals surface area contributed by atoms with Crippen LogP contribution in [0.2, 0.25) is 0 Å². The van der Waals surface area contributed by atoms with Gasteiger partial charge in [0.05, 0.1) is 18.3 Å². The molecule has 0 amide bonds. The van der Waals surface area contributed by atoms with E-state index in [1.165, 1.54) is 0 Å². The summed E-state index contributed by atoms with van der Waals surface area (Å²) < 4.78 is 5.75. The average Bonchev–Trinajstić information content (AvgIpc) is 2.32. The van der Waals surface area contributed by atoms with Crippen molar-refractivity contribution in [2.24, 2.45) is 10.9 Å². The highest BCUT2D eigenvalue weighted by Crippen LogP contribution is 2.21. The van der Waals surface area contributed by atoms with Crippen molar-refractivity contribution in [3.63, 3.8) is 0 Å². The summed E-state index contributed by atoms with van der Waals surface area (Å²) >= 11 is 0. The van der Waals surface area contributed by atoms with Crippen LogP contribution in [-0.2, 0) is 4.74 Å². The number of ether oxygens (including phenoxy) is 1. The van der Waals surface area contributed by atoms with E-state index in [0.717, 1.165) is 32.5 Å². The zero-order valence-electron chi connectivity index (χ0n) is 11.3. The number of oxime groups is 1. The molecule has 0 bridgehead atoms. The quantitative estimate of drug-likeness (QED) is 0.211. The van der Waals surface area contributed by atoms with E-state index < -0.39 is 0 Å². The van der Waals surface area contributed by atoms with Gasteiger partial charge < -0.3 is 20.8 Å². The fraction of sp³-hybridized carbons (Fsp3) is 0.917. The van der Waals surface area contributed by atoms with Gasteiger partial charge in [-0.2, -0.15) is 0 Å². The van der Waals surface area contributed by atoms with E-state index in [-0.39, 0.29) is 24.1 Å². The van der Waals surface area contributed by atoms with Gasteiger partial charge in [0.2, 0.25) is 0 Å². The lowest BCUT2D eigenvalue weighted by atomic mass is 10.0. The number of rotatable bonds is 6. The molecule has 0 saturated carbocycles. The number of aliphatic hydroxyl groups excluding tert-OH is 1. The largest absolute Gasteiger partial charge is 0.409 e. The molecule has 1 unspecified atom stereocenters. The van der Waals surface area contributed by atoms with Crippen molar-refractivity contribution in [2.75, 3.05) is 26.2 Å². The van der Waals surface area contributed by atoms with Gasteiger partial charge in [-0.3, -0.25) is 4.90 Å². The van der Waals surface area contributed by atoms with E-state index in [1.54, 1.807) is 0 Å². The minimum Gasteiger partial charge on any atom is -0.409 e. The van der Waals surface area contributed by atoms with Crippen LogP contribution in [0.3, 0.4) is 0 Å². The molecule has 1 rings (SSSR count). The molecule has 1 atom stereocenters. The van der Waals surface area contributed by atoms with Crippen molar-refractivity contribution in [3.8, 4) is 0 Å². The summed E-state index contributed by atoms with van der Waals surface area (Å²) in [4.78, 5) is 2.30. The maximum absolute atomic E-state index is 9.21. The van der Waals surface area contributed by atoms with Crippen LogP contribution in [0.4, 0.5) is 0 Å². The van der Waals surface area contributed by atoms with E-state index in [0.29, 0.717) is 6.42 Å². The van der Waals surface area contributed by atoms with Gasteiger partial charge in [-0.05, 0) is 33.2 Å². The Morgan fingerprint density at radius 3 is 2.83 bits per heavy atom. The summed E-state index contributed by atoms with van der Waals surface area (Å²) in [6.45, 7) is 6.72. The topological polar surface area (TPSA) is 91.3 Å². The van der Waals surface area contributed by atoms with Crippen molar-refractivity contribution in [3.05, 3.63) is 0 Å². The molecule has 0 radical (unpaired) electrons. The summed E-state index contributed by atoms with van der Waals surface area (Å²) in [5.41, 5.74) is 5.20. The molecule has 6 nitrogen and oxygen atoms in total. The van der Waals surface area contributed by atoms with E-state index >= 15 is 0 Å². The van der Waals surface area contributed by atoms with Gasteiger partial charge in [0.1, 0.15) is 5.84 Å². The monoisotopic (exact) mass is 259 g/mol. The third kappa shape index (κ3) is 5.20. The fourth-order valence-electron chi connectivity index (χ4n) is 2.37. The van der Waals surface area contributed by atoms with Crippen LogP contribution in [0.15, 0.2) is 5.16 Å². The molecule has 4 N–H and O–H groups in total. The predicted octanol–water partition coefficient (Wildman–Crippen LogP) is 0.375. The van der Waals surface area contributed by atoms with Crippen LogP contribution >= 0.6 is 0 Å². The zero-order valence-corrected chi connectivity index (χ0v) is 11.3. The van der Waals surface area contributed by atoms with Crippen molar-refractivity contribution >= 4 is 5.84 Å². The van der Waals surface area contributed by atoms with Gasteiger partial charge in [0.25, 0.3) is 0 Å². The third-order valence-corrected chi connectivity index (χ3v) is 3.04. The van der Waals surface area contributed by atoms with Gasteiger partial charge in [0, 0.05) is 19.5 Å². The second-order valence-corrected chi connectivity index (χ2v) is 5.47. The van der Waals surface area contributed by atoms with Gasteiger partial charge in [0.15, 0.2) is 0 Å². The number of hydrogen-bond acceptors (Lipinski definition) is 5. The molecule has 18 heavy (non-hydrogen) atoms. The molecule has 0 aromatic rings. The average molecular weight is 259 g/mol. The lowest BCUT2D eigenvalue weighted by molar-refractivity contribution is -0.148. The Balaban J connectivity index is 2.28. The molecule has 1 heterocycles. The summed E-state index contributed by atoms with van der Waals surface area (Å²) in [5.74, 6) is 0.283. The summed E-state index contributed by atoms with van der Waals surface area (Å²) in [6, 6.07) is 0. The molecule has 1 aliphatic rings. The van der Waals surface area contributed by atoms with Crippen LogP contribution in [0.5, 0.6) is 0 Å². The van der Waals surface area contributed by atoms with Crippen molar-refractivity contribution in [1.82, 2.24) is 4.90 Å². The molecule has 1 fully saturated rings. The molecule has 0 spiro atoms. The molecular weight excluding hydrogens is 234 g/mol. The number of aliphatic hydroxyl groups is 1. The SMILES string of the molecule is CC1(C)CN(CCCCC(N)=NO)CC(CO)O1. The number of amidine groups is 1. The van der Waals surface area contributed by atoms with Gasteiger partial charge in [-0.25, -0.2) is 0 Å². The molecule has 0 aromatic heterocycles. The van der Waals surface area contributed by atoms with Crippen LogP contribution in [0, 0.1) is 0 Å². The lowest BCUT2D eigenvalue weighted by Crippen LogP contribution is -2.53. The van der Waals surface area contributed by atoms with E-state index in [9.17, 15) is 5.11 Å². The molecule has 106 valence electrons. The highest BCUT2D eigenvalue weighted by molar-refractivity contribution is 5.79. The second-order valence-electron chi connectivity index (χ2n) is 5.47. The molecular formula is C12H25N3O3. The first-order chi connectivity index (χ1) is 8.46. The summed E-state index contributed by atoms with van der Waals surface area (Å²) in [5, 5.41) is 20.6. The normalized spacial score (nSPS) is 25.3. The number of nitrogens with zero attached hydrogens (tertiary/aromatic N) is 2. The highest BCUT2D eigenvalue weighted by Gasteiger charge is 2.32. The predicted molar refractivity (Wildman–Crippen MR) is 69.7 cm³/mol. The second kappa shape index (κ2) is 6.92. The van der Waals surface area contributed by atoms with Crippen LogP contribution in [0.25, 0.3) is 0 Å². The lowest BCUT2D eigenvalue weighted by Gasteiger charge is -2.42. The smallest absolute Gasteiger partial charge is 0.139 e. The van der Waals surface area contributed by atoms with Crippen molar-refractivity contribution in [2.45, 2.75) is 44.8 Å². The Labute approximate surface area is 108 Å². The molecule has 1 saturated heterocycles. The zero-order chi connectivity index (χ0) is 13.6. The standard InChI is InChI=1S/C12H25N3O3/c1-12(2)9-15(7-10(8-16)18-12)6-4-3-5-11(13)14-17/h10,16-17H,3-9H2,1-2H3,(H2,13,14). The Morgan fingerprint density at radius 1 is 1.50 bits per heavy atom. The number of morpholine rings is 1. The van der Waals surface area contributed by atoms with Crippen molar-refractivity contribution < 1.29 is 15.1 Å². The Morgan fingerprint density at radius 2 is 2.22 bits per heavy atom. The van der Waals surface area contributed by atoms with E-state index in [4.69, 9.17) is 15.7 Å². The van der Waals surface area contributed by atoms with Gasteiger partial charge >= 0.3 is 0 Å². The molecule has 0 aromatic carbocycles. The van der Waals surface area contributed by atoms with Crippen LogP contribution in [0.1, 0.15) is 33.1 Å². The van der Waals surface area contributed by atoms with Gasteiger partial charge in [-0.15, -0.1) is 0 Å². The minimum atomic E-state index is -0.211. The summed E-state index contributed by atoms with van der Waals surface area (Å²) in [7, 11) is 0. The first-order valence-electron chi connectivity index (χ1n) is 6.44. The fourth-order valence-corrected chi connectivity index (χ4v) is 2.37. The van der Waals surface area contributed by atoms with E-state index in [2.05, 4.69) is 10.1 Å². The molecule has 1 aliphatic heterocycles. The number of hydrogen-bond donors (Lipinski definition) is 3. The molecule has 6 heteroatoms. The Hall–Kier alpha value is -0.850. The molecule has 0 aliphatic carbocycles. The summed E-state index contributed by atoms with van der Waals surface area (Å²) in [6.07, 6.45) is 2.41. The van der Waals surface area contributed by atoms with Crippen molar-refractivity contribution in [1.29, 1.82) is 0 Å². The third-order valence-electron chi connectivity index (χ3n) is 3.04. The number of nitrogens with two attached hydrogens (primary N) is 1. The number of unbranched alkanes of at least 4 members (excludes halogenated alkanes) is 1. The highest BCUT2D eigenvalue weighted by atomic mass is 16.5.